The van der Waals surface area contributed by atoms with Crippen molar-refractivity contribution in [2.45, 2.75) is 26.2 Å². The van der Waals surface area contributed by atoms with E-state index < -0.39 is 17.4 Å². The van der Waals surface area contributed by atoms with Gasteiger partial charge in [-0.05, 0) is 13.3 Å². The number of ether oxygens (including phenoxy) is 1. The van der Waals surface area contributed by atoms with Crippen molar-refractivity contribution in [3.8, 4) is 0 Å². The minimum Gasteiger partial charge on any atom is -0.465 e. The second-order valence-electron chi connectivity index (χ2n) is 3.14. The highest BCUT2D eigenvalue weighted by molar-refractivity contribution is 5.77. The fourth-order valence-corrected chi connectivity index (χ4v) is 1.30. The van der Waals surface area contributed by atoms with Crippen molar-refractivity contribution in [1.29, 1.82) is 0 Å². The third kappa shape index (κ3) is 2.56. The first-order valence-electron chi connectivity index (χ1n) is 4.99. The van der Waals surface area contributed by atoms with Gasteiger partial charge in [0.05, 0.1) is 6.61 Å². The predicted molar refractivity (Wildman–Crippen MR) is 56.7 cm³/mol. The topological polar surface area (TPSA) is 111 Å². The summed E-state index contributed by atoms with van der Waals surface area (Å²) in [5.41, 5.74) is 4.79. The van der Waals surface area contributed by atoms with Crippen LogP contribution >= 0.6 is 0 Å². The Morgan fingerprint density at radius 2 is 2.19 bits per heavy atom. The van der Waals surface area contributed by atoms with Crippen LogP contribution in [0.1, 0.15) is 31.9 Å². The number of aromatic nitrogens is 3. The normalized spacial score (nSPS) is 12.1. The molecule has 0 aliphatic rings. The molecule has 0 bridgehead atoms. The number of esters is 1. The Morgan fingerprint density at radius 1 is 1.50 bits per heavy atom. The minimum absolute atomic E-state index is 0.0372. The molecule has 0 amide bonds. The second kappa shape index (κ2) is 5.24. The van der Waals surface area contributed by atoms with E-state index in [1.54, 1.807) is 13.8 Å². The molecule has 7 heteroatoms. The molecule has 88 valence electrons. The Morgan fingerprint density at radius 3 is 2.69 bits per heavy atom. The zero-order valence-electron chi connectivity index (χ0n) is 9.19. The first-order chi connectivity index (χ1) is 7.60. The lowest BCUT2D eigenvalue weighted by atomic mass is 10.0. The maximum absolute atomic E-state index is 11.5. The van der Waals surface area contributed by atoms with Crippen molar-refractivity contribution in [3.05, 3.63) is 16.0 Å². The highest BCUT2D eigenvalue weighted by Gasteiger charge is 2.24. The Bertz CT molecular complexity index is 429. The minimum atomic E-state index is -0.697. The summed E-state index contributed by atoms with van der Waals surface area (Å²) in [5, 5.41) is 7.15. The number of aromatic amines is 1. The average molecular weight is 226 g/mol. The number of nitrogen functional groups attached to an aromatic ring is 1. The highest BCUT2D eigenvalue weighted by Crippen LogP contribution is 2.15. The van der Waals surface area contributed by atoms with E-state index in [-0.39, 0.29) is 18.2 Å². The van der Waals surface area contributed by atoms with Crippen LogP contribution in [0, 0.1) is 0 Å². The number of carbonyl (C=O) groups excluding carboxylic acids is 1. The smallest absolute Gasteiger partial charge is 0.315 e. The summed E-state index contributed by atoms with van der Waals surface area (Å²) in [5.74, 6) is -1.25. The van der Waals surface area contributed by atoms with Gasteiger partial charge in [0.2, 0.25) is 5.95 Å². The predicted octanol–water partition coefficient (Wildman–Crippen LogP) is -0.196. The summed E-state index contributed by atoms with van der Waals surface area (Å²) in [6.45, 7) is 3.72. The number of nitrogens with zero attached hydrogens (tertiary/aromatic N) is 2. The number of hydrogen-bond donors (Lipinski definition) is 2. The van der Waals surface area contributed by atoms with Crippen LogP contribution in [-0.4, -0.2) is 27.8 Å². The molecule has 1 unspecified atom stereocenters. The molecule has 1 atom stereocenters. The van der Waals surface area contributed by atoms with Crippen molar-refractivity contribution in [1.82, 2.24) is 15.2 Å². The van der Waals surface area contributed by atoms with Gasteiger partial charge in [0, 0.05) is 0 Å². The Kier molecular flexibility index (Phi) is 3.98. The average Bonchev–Trinajstić information content (AvgIpc) is 2.22. The summed E-state index contributed by atoms with van der Waals surface area (Å²) in [6.07, 6.45) is 0.417. The summed E-state index contributed by atoms with van der Waals surface area (Å²) >= 11 is 0. The maximum Gasteiger partial charge on any atom is 0.315 e. The molecular weight excluding hydrogens is 212 g/mol. The molecule has 16 heavy (non-hydrogen) atoms. The molecule has 0 aliphatic heterocycles. The third-order valence-electron chi connectivity index (χ3n) is 2.05. The maximum atomic E-state index is 11.5. The summed E-state index contributed by atoms with van der Waals surface area (Å²) in [4.78, 5) is 25.3. The van der Waals surface area contributed by atoms with Crippen LogP contribution in [0.3, 0.4) is 0 Å². The number of rotatable bonds is 4. The van der Waals surface area contributed by atoms with Crippen molar-refractivity contribution in [2.75, 3.05) is 12.3 Å². The van der Waals surface area contributed by atoms with Gasteiger partial charge in [-0.25, -0.2) is 0 Å². The number of nitrogens with two attached hydrogens (primary N) is 1. The molecule has 7 nitrogen and oxygen atoms in total. The van der Waals surface area contributed by atoms with E-state index in [1.807, 2.05) is 0 Å². The van der Waals surface area contributed by atoms with Crippen LogP contribution in [0.4, 0.5) is 5.95 Å². The van der Waals surface area contributed by atoms with Crippen molar-refractivity contribution in [3.63, 3.8) is 0 Å². The summed E-state index contributed by atoms with van der Waals surface area (Å²) in [6, 6.07) is 0. The van der Waals surface area contributed by atoms with Crippen LogP contribution in [0.15, 0.2) is 4.79 Å². The first kappa shape index (κ1) is 12.2. The Balaban J connectivity index is 3.04. The van der Waals surface area contributed by atoms with Crippen LogP contribution in [0.25, 0.3) is 0 Å². The molecule has 0 spiro atoms. The number of carbonyl (C=O) groups is 1. The number of H-pyrrole nitrogens is 1. The zero-order chi connectivity index (χ0) is 12.1. The second-order valence-corrected chi connectivity index (χ2v) is 3.14. The lowest BCUT2D eigenvalue weighted by molar-refractivity contribution is -0.145. The lowest BCUT2D eigenvalue weighted by Gasteiger charge is -2.11. The van der Waals surface area contributed by atoms with Gasteiger partial charge in [0.1, 0.15) is 11.6 Å². The quantitative estimate of drug-likeness (QED) is 0.688. The van der Waals surface area contributed by atoms with Crippen molar-refractivity contribution < 1.29 is 9.53 Å². The molecule has 1 rings (SSSR count). The zero-order valence-corrected chi connectivity index (χ0v) is 9.19. The van der Waals surface area contributed by atoms with Crippen LogP contribution in [0.2, 0.25) is 0 Å². The lowest BCUT2D eigenvalue weighted by Crippen LogP contribution is -2.26. The standard InChI is InChI=1S/C9H14N4O3/c1-3-5(8(15)16-4-2)6-7(14)11-9(10)13-12-6/h5H,3-4H2,1-2H3,(H3,10,11,13,14). The van der Waals surface area contributed by atoms with Crippen LogP contribution < -0.4 is 11.3 Å². The molecule has 0 aromatic carbocycles. The largest absolute Gasteiger partial charge is 0.465 e. The fourth-order valence-electron chi connectivity index (χ4n) is 1.30. The third-order valence-corrected chi connectivity index (χ3v) is 2.05. The number of hydrogen-bond acceptors (Lipinski definition) is 6. The van der Waals surface area contributed by atoms with E-state index >= 15 is 0 Å². The monoisotopic (exact) mass is 226 g/mol. The van der Waals surface area contributed by atoms with E-state index in [0.717, 1.165) is 0 Å². The molecule has 0 radical (unpaired) electrons. The van der Waals surface area contributed by atoms with Gasteiger partial charge < -0.3 is 10.5 Å². The molecule has 0 fully saturated rings. The van der Waals surface area contributed by atoms with Gasteiger partial charge in [0.25, 0.3) is 5.56 Å². The van der Waals surface area contributed by atoms with E-state index in [0.29, 0.717) is 6.42 Å². The Hall–Kier alpha value is -1.92. The van der Waals surface area contributed by atoms with E-state index in [1.165, 1.54) is 0 Å². The SMILES string of the molecule is CCOC(=O)C(CC)c1nnc(N)[nH]c1=O. The molecule has 1 aromatic heterocycles. The molecule has 1 heterocycles. The molecule has 3 N–H and O–H groups in total. The van der Waals surface area contributed by atoms with Crippen molar-refractivity contribution in [2.24, 2.45) is 0 Å². The van der Waals surface area contributed by atoms with E-state index in [9.17, 15) is 9.59 Å². The van der Waals surface area contributed by atoms with Gasteiger partial charge in [-0.3, -0.25) is 14.6 Å². The molecule has 0 saturated heterocycles. The van der Waals surface area contributed by atoms with Gasteiger partial charge in [-0.2, -0.15) is 0 Å². The number of anilines is 1. The highest BCUT2D eigenvalue weighted by atomic mass is 16.5. The van der Waals surface area contributed by atoms with E-state index in [4.69, 9.17) is 10.5 Å². The van der Waals surface area contributed by atoms with Gasteiger partial charge in [0.15, 0.2) is 0 Å². The first-order valence-corrected chi connectivity index (χ1v) is 4.99. The summed E-state index contributed by atoms with van der Waals surface area (Å²) in [7, 11) is 0. The summed E-state index contributed by atoms with van der Waals surface area (Å²) < 4.78 is 4.84. The Labute approximate surface area is 92.0 Å². The van der Waals surface area contributed by atoms with Gasteiger partial charge >= 0.3 is 5.97 Å². The molecule has 0 aliphatic carbocycles. The van der Waals surface area contributed by atoms with Gasteiger partial charge in [-0.1, -0.05) is 6.92 Å². The van der Waals surface area contributed by atoms with E-state index in [2.05, 4.69) is 15.2 Å². The van der Waals surface area contributed by atoms with Gasteiger partial charge in [-0.15, -0.1) is 10.2 Å². The van der Waals surface area contributed by atoms with Crippen LogP contribution in [0.5, 0.6) is 0 Å². The molecule has 1 aromatic rings. The molecule has 0 saturated carbocycles. The number of nitrogens with one attached hydrogen (secondary N) is 1. The fraction of sp³-hybridized carbons (Fsp3) is 0.556. The molecular formula is C9H14N4O3. The van der Waals surface area contributed by atoms with Crippen LogP contribution in [-0.2, 0) is 9.53 Å². The van der Waals surface area contributed by atoms with Crippen molar-refractivity contribution >= 4 is 11.9 Å².